The van der Waals surface area contributed by atoms with Crippen LogP contribution in [0.25, 0.3) is 16.3 Å². The summed E-state index contributed by atoms with van der Waals surface area (Å²) < 4.78 is 28.3. The molecular formula is C21H22N4O3S2. The number of nitrogens with zero attached hydrogens (tertiary/aromatic N) is 3. The van der Waals surface area contributed by atoms with Crippen molar-refractivity contribution < 1.29 is 13.2 Å². The van der Waals surface area contributed by atoms with Crippen molar-refractivity contribution in [1.82, 2.24) is 14.2 Å². The number of thiazole rings is 1. The highest BCUT2D eigenvalue weighted by Gasteiger charge is 2.27. The first-order valence-corrected chi connectivity index (χ1v) is 11.8. The average Bonchev–Trinajstić information content (AvgIpc) is 3.16. The molecule has 9 heteroatoms. The van der Waals surface area contributed by atoms with Crippen LogP contribution in [0.15, 0.2) is 59.5 Å². The van der Waals surface area contributed by atoms with Crippen molar-refractivity contribution in [2.24, 2.45) is 0 Å². The van der Waals surface area contributed by atoms with Gasteiger partial charge in [0.25, 0.3) is 0 Å². The summed E-state index contributed by atoms with van der Waals surface area (Å²) in [5, 5.41) is 3.46. The third kappa shape index (κ3) is 4.59. The molecule has 7 nitrogen and oxygen atoms in total. The number of fused-ring (bicyclic) bond motifs is 1. The van der Waals surface area contributed by atoms with Crippen LogP contribution in [0.4, 0.5) is 5.69 Å². The minimum absolute atomic E-state index is 0.181. The number of anilines is 1. The van der Waals surface area contributed by atoms with Crippen LogP contribution in [0, 0.1) is 0 Å². The molecule has 0 saturated carbocycles. The van der Waals surface area contributed by atoms with E-state index in [0.29, 0.717) is 31.9 Å². The topological polar surface area (TPSA) is 82.6 Å². The van der Waals surface area contributed by atoms with Crippen LogP contribution in [-0.4, -0.2) is 61.7 Å². The number of sulfonamides is 1. The summed E-state index contributed by atoms with van der Waals surface area (Å²) in [4.78, 5) is 19.1. The zero-order valence-electron chi connectivity index (χ0n) is 16.5. The van der Waals surface area contributed by atoms with Crippen LogP contribution in [-0.2, 0) is 14.8 Å². The third-order valence-corrected chi connectivity index (χ3v) is 7.79. The van der Waals surface area contributed by atoms with Crippen molar-refractivity contribution in [1.29, 1.82) is 0 Å². The minimum Gasteiger partial charge on any atom is -0.322 e. The normalized spacial score (nSPS) is 16.3. The monoisotopic (exact) mass is 442 g/mol. The smallest absolute Gasteiger partial charge is 0.248 e. The summed E-state index contributed by atoms with van der Waals surface area (Å²) in [5.74, 6) is -0.344. The lowest BCUT2D eigenvalue weighted by atomic mass is 10.3. The highest BCUT2D eigenvalue weighted by Crippen LogP contribution is 2.23. The maximum absolute atomic E-state index is 12.9. The molecule has 0 unspecified atom stereocenters. The van der Waals surface area contributed by atoms with Gasteiger partial charge < -0.3 is 10.2 Å². The molecule has 2 heterocycles. The molecule has 1 N–H and O–H groups in total. The predicted octanol–water partition coefficient (Wildman–Crippen LogP) is 2.88. The van der Waals surface area contributed by atoms with Gasteiger partial charge in [-0.05, 0) is 43.5 Å². The molecule has 0 radical (unpaired) electrons. The van der Waals surface area contributed by atoms with E-state index in [1.54, 1.807) is 24.3 Å². The van der Waals surface area contributed by atoms with E-state index in [1.807, 2.05) is 31.3 Å². The summed E-state index contributed by atoms with van der Waals surface area (Å²) in [6.07, 6.45) is 3.06. The Hall–Kier alpha value is -2.59. The molecule has 1 aliphatic rings. The molecule has 0 bridgehead atoms. The predicted molar refractivity (Wildman–Crippen MR) is 120 cm³/mol. The number of para-hydroxylation sites is 1. The first kappa shape index (κ1) is 20.7. The number of hydrogen-bond acceptors (Lipinski definition) is 6. The minimum atomic E-state index is -3.58. The number of benzene rings is 2. The second-order valence-corrected chi connectivity index (χ2v) is 10.1. The maximum atomic E-state index is 12.9. The fourth-order valence-corrected chi connectivity index (χ4v) is 5.54. The first-order chi connectivity index (χ1) is 14.4. The van der Waals surface area contributed by atoms with Crippen LogP contribution < -0.4 is 5.32 Å². The van der Waals surface area contributed by atoms with E-state index >= 15 is 0 Å². The molecule has 0 atom stereocenters. The summed E-state index contributed by atoms with van der Waals surface area (Å²) in [6.45, 7) is 2.32. The third-order valence-electron chi connectivity index (χ3n) is 4.89. The van der Waals surface area contributed by atoms with Crippen molar-refractivity contribution in [3.8, 4) is 0 Å². The van der Waals surface area contributed by atoms with Crippen molar-refractivity contribution in [3.05, 3.63) is 59.6 Å². The number of aromatic nitrogens is 1. The molecule has 30 heavy (non-hydrogen) atoms. The Kier molecular flexibility index (Phi) is 5.96. The van der Waals surface area contributed by atoms with Gasteiger partial charge >= 0.3 is 0 Å². The van der Waals surface area contributed by atoms with E-state index in [9.17, 15) is 13.2 Å². The zero-order chi connectivity index (χ0) is 21.1. The number of rotatable bonds is 5. The van der Waals surface area contributed by atoms with E-state index in [1.165, 1.54) is 27.8 Å². The first-order valence-electron chi connectivity index (χ1n) is 9.55. The van der Waals surface area contributed by atoms with Gasteiger partial charge in [0, 0.05) is 37.9 Å². The Labute approximate surface area is 179 Å². The van der Waals surface area contributed by atoms with Crippen LogP contribution in [0.2, 0.25) is 0 Å². The Morgan fingerprint density at radius 3 is 2.63 bits per heavy atom. The maximum Gasteiger partial charge on any atom is 0.248 e. The molecule has 1 amide bonds. The van der Waals surface area contributed by atoms with E-state index in [0.717, 1.165) is 15.2 Å². The standard InChI is InChI=1S/C21H22N4O3S2/c1-24-11-13-25(14-12-24)30(27,28)17-6-4-5-16(15-17)22-20(26)9-10-21-23-18-7-2-3-8-19(18)29-21/h2-10,15H,11-14H2,1H3,(H,22,26)/b10-9+. The van der Waals surface area contributed by atoms with E-state index in [4.69, 9.17) is 0 Å². The summed E-state index contributed by atoms with van der Waals surface area (Å²) in [6, 6.07) is 14.1. The SMILES string of the molecule is CN1CCN(S(=O)(=O)c2cccc(NC(=O)/C=C/c3nc4ccccc4s3)c2)CC1. The van der Waals surface area contributed by atoms with Gasteiger partial charge in [-0.2, -0.15) is 4.31 Å². The molecular weight excluding hydrogens is 420 g/mol. The second-order valence-electron chi connectivity index (χ2n) is 7.08. The van der Waals surface area contributed by atoms with E-state index in [2.05, 4.69) is 15.2 Å². The molecule has 1 aromatic heterocycles. The van der Waals surface area contributed by atoms with Gasteiger partial charge in [-0.25, -0.2) is 13.4 Å². The van der Waals surface area contributed by atoms with Crippen molar-refractivity contribution in [3.63, 3.8) is 0 Å². The number of nitrogens with one attached hydrogen (secondary N) is 1. The highest BCUT2D eigenvalue weighted by molar-refractivity contribution is 7.89. The summed E-state index contributed by atoms with van der Waals surface area (Å²) >= 11 is 1.50. The fourth-order valence-electron chi connectivity index (χ4n) is 3.20. The lowest BCUT2D eigenvalue weighted by Gasteiger charge is -2.31. The van der Waals surface area contributed by atoms with Gasteiger partial charge in [0.1, 0.15) is 5.01 Å². The quantitative estimate of drug-likeness (QED) is 0.615. The molecule has 1 saturated heterocycles. The number of piperazine rings is 1. The van der Waals surface area contributed by atoms with Crippen LogP contribution >= 0.6 is 11.3 Å². The van der Waals surface area contributed by atoms with Crippen molar-refractivity contribution >= 4 is 49.2 Å². The van der Waals surface area contributed by atoms with Gasteiger partial charge in [0.2, 0.25) is 15.9 Å². The molecule has 0 spiro atoms. The molecule has 1 aliphatic heterocycles. The van der Waals surface area contributed by atoms with E-state index in [-0.39, 0.29) is 10.8 Å². The van der Waals surface area contributed by atoms with Gasteiger partial charge in [0.05, 0.1) is 15.1 Å². The Bertz CT molecular complexity index is 1160. The van der Waals surface area contributed by atoms with Gasteiger partial charge in [-0.15, -0.1) is 11.3 Å². The Morgan fingerprint density at radius 2 is 1.87 bits per heavy atom. The summed E-state index contributed by atoms with van der Waals surface area (Å²) in [7, 11) is -1.61. The highest BCUT2D eigenvalue weighted by atomic mass is 32.2. The van der Waals surface area contributed by atoms with Crippen molar-refractivity contribution in [2.75, 3.05) is 38.5 Å². The van der Waals surface area contributed by atoms with Crippen LogP contribution in [0.3, 0.4) is 0 Å². The average molecular weight is 443 g/mol. The lowest BCUT2D eigenvalue weighted by Crippen LogP contribution is -2.47. The van der Waals surface area contributed by atoms with Gasteiger partial charge in [-0.3, -0.25) is 4.79 Å². The number of carbonyl (C=O) groups is 1. The molecule has 156 valence electrons. The molecule has 4 rings (SSSR count). The molecule has 3 aromatic rings. The number of carbonyl (C=O) groups excluding carboxylic acids is 1. The van der Waals surface area contributed by atoms with Crippen LogP contribution in [0.1, 0.15) is 5.01 Å². The number of amides is 1. The molecule has 1 fully saturated rings. The van der Waals surface area contributed by atoms with E-state index < -0.39 is 10.0 Å². The Morgan fingerprint density at radius 1 is 1.10 bits per heavy atom. The zero-order valence-corrected chi connectivity index (χ0v) is 18.1. The number of likely N-dealkylation sites (N-methyl/N-ethyl adjacent to an activating group) is 1. The second kappa shape index (κ2) is 8.65. The fraction of sp³-hybridized carbons (Fsp3) is 0.238. The largest absolute Gasteiger partial charge is 0.322 e. The summed E-state index contributed by atoms with van der Waals surface area (Å²) in [5.41, 5.74) is 1.33. The number of hydrogen-bond donors (Lipinski definition) is 1. The van der Waals surface area contributed by atoms with Gasteiger partial charge in [-0.1, -0.05) is 18.2 Å². The Balaban J connectivity index is 1.45. The lowest BCUT2D eigenvalue weighted by molar-refractivity contribution is -0.111. The van der Waals surface area contributed by atoms with Crippen molar-refractivity contribution in [2.45, 2.75) is 4.90 Å². The van der Waals surface area contributed by atoms with Crippen LogP contribution in [0.5, 0.6) is 0 Å². The molecule has 0 aliphatic carbocycles. The molecule has 2 aromatic carbocycles. The van der Waals surface area contributed by atoms with Gasteiger partial charge in [0.15, 0.2) is 0 Å².